The van der Waals surface area contributed by atoms with Crippen molar-refractivity contribution in [3.05, 3.63) is 29.0 Å². The number of fused-ring (bicyclic) bond motifs is 1. The highest BCUT2D eigenvalue weighted by Crippen LogP contribution is 2.22. The van der Waals surface area contributed by atoms with E-state index in [4.69, 9.17) is 16.3 Å². The Morgan fingerprint density at radius 2 is 2.45 bits per heavy atom. The molecule has 0 radical (unpaired) electrons. The fraction of sp³-hybridized carbons (Fsp3) is 0.571. The maximum atomic E-state index is 12.0. The number of carbonyl (C=O) groups excluding carboxylic acids is 1. The van der Waals surface area contributed by atoms with Crippen molar-refractivity contribution < 1.29 is 9.53 Å². The highest BCUT2D eigenvalue weighted by molar-refractivity contribution is 6.29. The SMILES string of the molecule is O=C(NCC1CN2CCCC2CO1)c1ccc(Cl)nc1. The second kappa shape index (κ2) is 6.08. The first kappa shape index (κ1) is 13.8. The fourth-order valence-corrected chi connectivity index (χ4v) is 2.94. The Morgan fingerprint density at radius 3 is 3.25 bits per heavy atom. The van der Waals surface area contributed by atoms with Gasteiger partial charge in [-0.2, -0.15) is 0 Å². The van der Waals surface area contributed by atoms with Gasteiger partial charge in [0.05, 0.1) is 18.3 Å². The normalized spacial score (nSPS) is 26.2. The summed E-state index contributed by atoms with van der Waals surface area (Å²) in [4.78, 5) is 18.3. The van der Waals surface area contributed by atoms with E-state index in [9.17, 15) is 4.79 Å². The Hall–Kier alpha value is -1.17. The first-order chi connectivity index (χ1) is 9.72. The van der Waals surface area contributed by atoms with Crippen LogP contribution >= 0.6 is 11.6 Å². The summed E-state index contributed by atoms with van der Waals surface area (Å²) >= 11 is 5.70. The Morgan fingerprint density at radius 1 is 1.55 bits per heavy atom. The molecule has 3 rings (SSSR count). The van der Waals surface area contributed by atoms with Crippen LogP contribution in [-0.2, 0) is 4.74 Å². The van der Waals surface area contributed by atoms with Crippen LogP contribution in [0.5, 0.6) is 0 Å². The Balaban J connectivity index is 1.49. The predicted molar refractivity (Wildman–Crippen MR) is 75.9 cm³/mol. The summed E-state index contributed by atoms with van der Waals surface area (Å²) in [6, 6.07) is 3.87. The van der Waals surface area contributed by atoms with Crippen molar-refractivity contribution in [2.75, 3.05) is 26.2 Å². The number of halogens is 1. The molecule has 2 fully saturated rings. The van der Waals surface area contributed by atoms with Gasteiger partial charge in [-0.15, -0.1) is 0 Å². The van der Waals surface area contributed by atoms with E-state index in [1.54, 1.807) is 12.1 Å². The molecule has 0 aliphatic carbocycles. The van der Waals surface area contributed by atoms with Crippen molar-refractivity contribution in [3.8, 4) is 0 Å². The lowest BCUT2D eigenvalue weighted by Gasteiger charge is -2.35. The molecule has 2 aliphatic heterocycles. The molecule has 0 bridgehead atoms. The van der Waals surface area contributed by atoms with Crippen molar-refractivity contribution >= 4 is 17.5 Å². The number of pyridine rings is 1. The van der Waals surface area contributed by atoms with E-state index in [1.807, 2.05) is 0 Å². The lowest BCUT2D eigenvalue weighted by molar-refractivity contribution is -0.0461. The lowest BCUT2D eigenvalue weighted by Crippen LogP contribution is -2.50. The van der Waals surface area contributed by atoms with Crippen molar-refractivity contribution in [2.45, 2.75) is 25.0 Å². The fourth-order valence-electron chi connectivity index (χ4n) is 2.83. The van der Waals surface area contributed by atoms with Gasteiger partial charge in [0.1, 0.15) is 5.15 Å². The number of hydrogen-bond acceptors (Lipinski definition) is 4. The molecule has 3 heterocycles. The van der Waals surface area contributed by atoms with Gasteiger partial charge in [0.15, 0.2) is 0 Å². The number of aromatic nitrogens is 1. The smallest absolute Gasteiger partial charge is 0.252 e. The number of nitrogens with zero attached hydrogens (tertiary/aromatic N) is 2. The van der Waals surface area contributed by atoms with Gasteiger partial charge in [0.25, 0.3) is 5.91 Å². The monoisotopic (exact) mass is 295 g/mol. The largest absolute Gasteiger partial charge is 0.373 e. The molecule has 1 aromatic rings. The van der Waals surface area contributed by atoms with Crippen molar-refractivity contribution in [1.82, 2.24) is 15.2 Å². The molecule has 1 aromatic heterocycles. The second-order valence-corrected chi connectivity index (χ2v) is 5.71. The van der Waals surface area contributed by atoms with Gasteiger partial charge in [-0.3, -0.25) is 9.69 Å². The van der Waals surface area contributed by atoms with Crippen LogP contribution in [0.1, 0.15) is 23.2 Å². The molecule has 1 N–H and O–H groups in total. The molecule has 2 unspecified atom stereocenters. The number of amides is 1. The number of ether oxygens (including phenoxy) is 1. The number of carbonyl (C=O) groups is 1. The molecule has 2 saturated heterocycles. The van der Waals surface area contributed by atoms with Crippen LogP contribution in [0, 0.1) is 0 Å². The zero-order valence-corrected chi connectivity index (χ0v) is 12.0. The molecule has 0 spiro atoms. The Bertz CT molecular complexity index is 480. The van der Waals surface area contributed by atoms with E-state index < -0.39 is 0 Å². The molecule has 0 saturated carbocycles. The average Bonchev–Trinajstić information content (AvgIpc) is 2.93. The maximum Gasteiger partial charge on any atom is 0.252 e. The van der Waals surface area contributed by atoms with Crippen molar-refractivity contribution in [1.29, 1.82) is 0 Å². The summed E-state index contributed by atoms with van der Waals surface area (Å²) in [7, 11) is 0. The highest BCUT2D eigenvalue weighted by Gasteiger charge is 2.32. The predicted octanol–water partition coefficient (Wildman–Crippen LogP) is 1.33. The summed E-state index contributed by atoms with van der Waals surface area (Å²) < 4.78 is 5.80. The minimum Gasteiger partial charge on any atom is -0.373 e. The van der Waals surface area contributed by atoms with E-state index in [1.165, 1.54) is 19.0 Å². The average molecular weight is 296 g/mol. The van der Waals surface area contributed by atoms with Crippen LogP contribution in [0.3, 0.4) is 0 Å². The number of nitrogens with one attached hydrogen (secondary N) is 1. The third kappa shape index (κ3) is 3.11. The molecule has 5 nitrogen and oxygen atoms in total. The number of morpholine rings is 1. The van der Waals surface area contributed by atoms with Crippen LogP contribution in [-0.4, -0.2) is 54.2 Å². The van der Waals surface area contributed by atoms with Crippen LogP contribution in [0.15, 0.2) is 18.3 Å². The minimum absolute atomic E-state index is 0.0774. The third-order valence-corrected chi connectivity index (χ3v) is 4.16. The highest BCUT2D eigenvalue weighted by atomic mass is 35.5. The van der Waals surface area contributed by atoms with E-state index in [0.29, 0.717) is 23.3 Å². The topological polar surface area (TPSA) is 54.5 Å². The molecule has 2 atom stereocenters. The van der Waals surface area contributed by atoms with Gasteiger partial charge in [0.2, 0.25) is 0 Å². The van der Waals surface area contributed by atoms with Gasteiger partial charge >= 0.3 is 0 Å². The summed E-state index contributed by atoms with van der Waals surface area (Å²) in [6.07, 6.45) is 4.04. The third-order valence-electron chi connectivity index (χ3n) is 3.94. The molecule has 2 aliphatic rings. The van der Waals surface area contributed by atoms with Crippen LogP contribution in [0.4, 0.5) is 0 Å². The van der Waals surface area contributed by atoms with E-state index >= 15 is 0 Å². The summed E-state index contributed by atoms with van der Waals surface area (Å²) in [5, 5.41) is 3.28. The Labute approximate surface area is 123 Å². The van der Waals surface area contributed by atoms with Gasteiger partial charge < -0.3 is 10.1 Å². The summed E-state index contributed by atoms with van der Waals surface area (Å²) in [5.41, 5.74) is 0.518. The van der Waals surface area contributed by atoms with E-state index in [-0.39, 0.29) is 12.0 Å². The van der Waals surface area contributed by atoms with Crippen LogP contribution in [0.2, 0.25) is 5.15 Å². The quantitative estimate of drug-likeness (QED) is 0.855. The van der Waals surface area contributed by atoms with Crippen molar-refractivity contribution in [2.24, 2.45) is 0 Å². The number of hydrogen-bond donors (Lipinski definition) is 1. The molecule has 0 aromatic carbocycles. The van der Waals surface area contributed by atoms with Gasteiger partial charge in [-0.05, 0) is 31.5 Å². The van der Waals surface area contributed by atoms with Crippen LogP contribution < -0.4 is 5.32 Å². The summed E-state index contributed by atoms with van der Waals surface area (Å²) in [6.45, 7) is 3.37. The van der Waals surface area contributed by atoms with Gasteiger partial charge in [0, 0.05) is 25.3 Å². The molecular weight excluding hydrogens is 278 g/mol. The molecule has 1 amide bonds. The lowest BCUT2D eigenvalue weighted by atomic mass is 10.2. The summed E-state index contributed by atoms with van der Waals surface area (Å²) in [5.74, 6) is -0.138. The Kier molecular flexibility index (Phi) is 4.19. The first-order valence-corrected chi connectivity index (χ1v) is 7.35. The zero-order valence-electron chi connectivity index (χ0n) is 11.2. The van der Waals surface area contributed by atoms with Crippen molar-refractivity contribution in [3.63, 3.8) is 0 Å². The standard InChI is InChI=1S/C14H18ClN3O2/c15-13-4-3-10(6-16-13)14(19)17-7-12-8-18-5-1-2-11(18)9-20-12/h3-4,6,11-12H,1-2,5,7-9H2,(H,17,19). The molecule has 108 valence electrons. The van der Waals surface area contributed by atoms with Gasteiger partial charge in [-0.1, -0.05) is 11.6 Å². The zero-order chi connectivity index (χ0) is 13.9. The first-order valence-electron chi connectivity index (χ1n) is 6.98. The van der Waals surface area contributed by atoms with E-state index in [0.717, 1.165) is 19.7 Å². The molecule has 20 heavy (non-hydrogen) atoms. The maximum absolute atomic E-state index is 12.0. The van der Waals surface area contributed by atoms with Crippen LogP contribution in [0.25, 0.3) is 0 Å². The minimum atomic E-state index is -0.138. The number of rotatable bonds is 3. The molecular formula is C14H18ClN3O2. The van der Waals surface area contributed by atoms with Gasteiger partial charge in [-0.25, -0.2) is 4.98 Å². The second-order valence-electron chi connectivity index (χ2n) is 5.33. The molecule has 6 heteroatoms. The van der Waals surface area contributed by atoms with E-state index in [2.05, 4.69) is 15.2 Å².